The Kier molecular flexibility index (Phi) is 3.88. The minimum atomic E-state index is -0.412. The zero-order valence-corrected chi connectivity index (χ0v) is 13.5. The van der Waals surface area contributed by atoms with Gasteiger partial charge in [0.2, 0.25) is 5.90 Å². The van der Waals surface area contributed by atoms with Crippen LogP contribution in [0.2, 0.25) is 0 Å². The number of carbonyl (C=O) groups is 1. The Bertz CT molecular complexity index is 764. The molecule has 3 nitrogen and oxygen atoms in total. The third kappa shape index (κ3) is 3.05. The first-order chi connectivity index (χ1) is 10.1. The normalized spacial score (nSPS) is 16.0. The molecule has 0 saturated carbocycles. The number of rotatable bonds is 2. The van der Waals surface area contributed by atoms with E-state index in [0.717, 1.165) is 16.7 Å². The van der Waals surface area contributed by atoms with Crippen LogP contribution in [0, 0.1) is 10.5 Å². The van der Waals surface area contributed by atoms with Gasteiger partial charge in [0, 0.05) is 9.13 Å². The Morgan fingerprint density at radius 2 is 1.90 bits per heavy atom. The Hall–Kier alpha value is -1.95. The van der Waals surface area contributed by atoms with Gasteiger partial charge in [-0.1, -0.05) is 30.3 Å². The average Bonchev–Trinajstić information content (AvgIpc) is 2.84. The van der Waals surface area contributed by atoms with Crippen molar-refractivity contribution in [3.8, 4) is 0 Å². The van der Waals surface area contributed by atoms with Gasteiger partial charge in [-0.3, -0.25) is 0 Å². The summed E-state index contributed by atoms with van der Waals surface area (Å²) in [6.07, 6.45) is 1.73. The lowest BCUT2D eigenvalue weighted by Crippen LogP contribution is -2.05. The van der Waals surface area contributed by atoms with Crippen molar-refractivity contribution in [1.82, 2.24) is 0 Å². The van der Waals surface area contributed by atoms with Crippen molar-refractivity contribution in [2.24, 2.45) is 4.99 Å². The van der Waals surface area contributed by atoms with E-state index in [4.69, 9.17) is 4.74 Å². The van der Waals surface area contributed by atoms with Crippen molar-refractivity contribution in [3.05, 3.63) is 74.5 Å². The fraction of sp³-hybridized carbons (Fsp3) is 0.0588. The van der Waals surface area contributed by atoms with Gasteiger partial charge < -0.3 is 4.74 Å². The number of benzene rings is 2. The topological polar surface area (TPSA) is 38.7 Å². The largest absolute Gasteiger partial charge is 0.402 e. The minimum Gasteiger partial charge on any atom is -0.402 e. The molecule has 0 aliphatic carbocycles. The van der Waals surface area contributed by atoms with Crippen molar-refractivity contribution in [2.75, 3.05) is 0 Å². The molecule has 0 aromatic heterocycles. The van der Waals surface area contributed by atoms with Crippen LogP contribution in [0.1, 0.15) is 16.7 Å². The second-order valence-electron chi connectivity index (χ2n) is 4.71. The molecule has 2 aromatic carbocycles. The molecule has 21 heavy (non-hydrogen) atoms. The van der Waals surface area contributed by atoms with Gasteiger partial charge in [-0.05, 0) is 64.9 Å². The zero-order valence-electron chi connectivity index (χ0n) is 11.3. The van der Waals surface area contributed by atoms with Crippen molar-refractivity contribution in [2.45, 2.75) is 6.92 Å². The number of aliphatic imine (C=N–C) groups is 1. The highest BCUT2D eigenvalue weighted by molar-refractivity contribution is 14.1. The fourth-order valence-corrected chi connectivity index (χ4v) is 2.35. The van der Waals surface area contributed by atoms with E-state index < -0.39 is 5.97 Å². The van der Waals surface area contributed by atoms with Gasteiger partial charge in [-0.25, -0.2) is 9.79 Å². The van der Waals surface area contributed by atoms with Crippen molar-refractivity contribution in [3.63, 3.8) is 0 Å². The van der Waals surface area contributed by atoms with E-state index in [-0.39, 0.29) is 0 Å². The van der Waals surface area contributed by atoms with Crippen LogP contribution in [0.25, 0.3) is 6.08 Å². The maximum absolute atomic E-state index is 11.9. The lowest BCUT2D eigenvalue weighted by atomic mass is 10.1. The summed E-state index contributed by atoms with van der Waals surface area (Å²) in [6, 6.07) is 15.5. The average molecular weight is 389 g/mol. The van der Waals surface area contributed by atoms with E-state index in [0.29, 0.717) is 11.6 Å². The van der Waals surface area contributed by atoms with Crippen LogP contribution in [-0.2, 0) is 9.53 Å². The first kappa shape index (κ1) is 14.0. The molecular formula is C17H12INO2. The summed E-state index contributed by atoms with van der Waals surface area (Å²) in [6.45, 7) is 2.02. The minimum absolute atomic E-state index is 0.326. The molecule has 2 aromatic rings. The molecule has 1 aliphatic heterocycles. The molecule has 0 unspecified atom stereocenters. The molecule has 0 radical (unpaired) electrons. The van der Waals surface area contributed by atoms with Crippen LogP contribution in [0.3, 0.4) is 0 Å². The Balaban J connectivity index is 1.95. The van der Waals surface area contributed by atoms with Crippen molar-refractivity contribution >= 4 is 40.5 Å². The van der Waals surface area contributed by atoms with Gasteiger partial charge in [0.05, 0.1) is 0 Å². The molecule has 0 saturated heterocycles. The summed E-state index contributed by atoms with van der Waals surface area (Å²) in [5, 5.41) is 0. The molecule has 0 spiro atoms. The smallest absolute Gasteiger partial charge is 0.363 e. The molecule has 0 atom stereocenters. The van der Waals surface area contributed by atoms with Crippen LogP contribution in [0.15, 0.2) is 59.2 Å². The highest BCUT2D eigenvalue weighted by atomic mass is 127. The Morgan fingerprint density at radius 1 is 1.14 bits per heavy atom. The molecule has 1 aliphatic rings. The lowest BCUT2D eigenvalue weighted by Gasteiger charge is -2.02. The summed E-state index contributed by atoms with van der Waals surface area (Å²) in [5.74, 6) is -0.0493. The molecule has 3 rings (SSSR count). The summed E-state index contributed by atoms with van der Waals surface area (Å²) >= 11 is 2.27. The predicted molar refractivity (Wildman–Crippen MR) is 90.9 cm³/mol. The van der Waals surface area contributed by atoms with E-state index in [1.54, 1.807) is 6.08 Å². The Morgan fingerprint density at radius 3 is 2.62 bits per heavy atom. The number of nitrogens with zero attached hydrogens (tertiary/aromatic N) is 1. The van der Waals surface area contributed by atoms with Crippen LogP contribution in [0.4, 0.5) is 0 Å². The van der Waals surface area contributed by atoms with E-state index in [1.165, 1.54) is 3.57 Å². The maximum atomic E-state index is 11.9. The number of esters is 1. The maximum Gasteiger partial charge on any atom is 0.363 e. The van der Waals surface area contributed by atoms with Gasteiger partial charge in [-0.15, -0.1) is 0 Å². The van der Waals surface area contributed by atoms with E-state index in [1.807, 2.05) is 55.5 Å². The third-order valence-corrected chi connectivity index (χ3v) is 4.34. The predicted octanol–water partition coefficient (Wildman–Crippen LogP) is 3.94. The second-order valence-corrected chi connectivity index (χ2v) is 5.87. The molecule has 4 heteroatoms. The third-order valence-electron chi connectivity index (χ3n) is 3.13. The van der Waals surface area contributed by atoms with E-state index in [2.05, 4.69) is 27.6 Å². The summed E-state index contributed by atoms with van der Waals surface area (Å²) in [4.78, 5) is 16.2. The zero-order chi connectivity index (χ0) is 14.8. The van der Waals surface area contributed by atoms with Gasteiger partial charge in [0.25, 0.3) is 0 Å². The van der Waals surface area contributed by atoms with Gasteiger partial charge in [0.1, 0.15) is 0 Å². The first-order valence-electron chi connectivity index (χ1n) is 6.47. The number of hydrogen-bond donors (Lipinski definition) is 0. The molecular weight excluding hydrogens is 377 g/mol. The van der Waals surface area contributed by atoms with Crippen LogP contribution in [-0.4, -0.2) is 11.9 Å². The number of carbonyl (C=O) groups excluding carboxylic acids is 1. The highest BCUT2D eigenvalue weighted by Crippen LogP contribution is 2.21. The number of hydrogen-bond acceptors (Lipinski definition) is 3. The van der Waals surface area contributed by atoms with Gasteiger partial charge in [0.15, 0.2) is 5.70 Å². The monoisotopic (exact) mass is 389 g/mol. The molecule has 104 valence electrons. The molecule has 0 fully saturated rings. The van der Waals surface area contributed by atoms with Crippen LogP contribution in [0.5, 0.6) is 0 Å². The van der Waals surface area contributed by atoms with E-state index >= 15 is 0 Å². The van der Waals surface area contributed by atoms with Crippen molar-refractivity contribution in [1.29, 1.82) is 0 Å². The highest BCUT2D eigenvalue weighted by Gasteiger charge is 2.24. The van der Waals surface area contributed by atoms with Crippen LogP contribution < -0.4 is 0 Å². The first-order valence-corrected chi connectivity index (χ1v) is 7.55. The number of ether oxygens (including phenoxy) is 1. The summed E-state index contributed by atoms with van der Waals surface area (Å²) in [7, 11) is 0. The SMILES string of the molecule is Cc1cc(C2=N/C(=C\c3ccccc3)C(=O)O2)ccc1I. The quantitative estimate of drug-likeness (QED) is 0.443. The number of aryl methyl sites for hydroxylation is 1. The molecule has 0 N–H and O–H groups in total. The summed E-state index contributed by atoms with van der Waals surface area (Å²) < 4.78 is 6.44. The van der Waals surface area contributed by atoms with Crippen molar-refractivity contribution < 1.29 is 9.53 Å². The fourth-order valence-electron chi connectivity index (χ4n) is 2.02. The van der Waals surface area contributed by atoms with Crippen LogP contribution >= 0.6 is 22.6 Å². The number of halogens is 1. The molecule has 1 heterocycles. The lowest BCUT2D eigenvalue weighted by molar-refractivity contribution is -0.129. The molecule has 0 amide bonds. The number of cyclic esters (lactones) is 1. The summed E-state index contributed by atoms with van der Waals surface area (Å²) in [5.41, 5.74) is 3.20. The van der Waals surface area contributed by atoms with Gasteiger partial charge in [-0.2, -0.15) is 0 Å². The molecule has 0 bridgehead atoms. The Labute approximate surface area is 136 Å². The van der Waals surface area contributed by atoms with E-state index in [9.17, 15) is 4.79 Å². The van der Waals surface area contributed by atoms with Gasteiger partial charge >= 0.3 is 5.97 Å². The standard InChI is InChI=1S/C17H12INO2/c1-11-9-13(7-8-14(11)18)16-19-15(17(20)21-16)10-12-5-3-2-4-6-12/h2-10H,1H3/b15-10-. The second kappa shape index (κ2) is 5.81.